The molecule has 2 amide bonds. The summed E-state index contributed by atoms with van der Waals surface area (Å²) in [4.78, 5) is 28.8. The number of hydrogen-bond donors (Lipinski definition) is 0. The quantitative estimate of drug-likeness (QED) is 0.692. The summed E-state index contributed by atoms with van der Waals surface area (Å²) in [7, 11) is -3.60. The Bertz CT molecular complexity index is 1060. The second-order valence-corrected chi connectivity index (χ2v) is 11.4. The first-order valence-electron chi connectivity index (χ1n) is 9.67. The fraction of sp³-hybridized carbons (Fsp3) is 0.400. The van der Waals surface area contributed by atoms with Gasteiger partial charge in [-0.25, -0.2) is 8.42 Å². The Morgan fingerprint density at radius 2 is 1.73 bits per heavy atom. The van der Waals surface area contributed by atoms with Crippen molar-refractivity contribution in [3.05, 3.63) is 46.3 Å². The van der Waals surface area contributed by atoms with E-state index in [1.807, 2.05) is 31.2 Å². The van der Waals surface area contributed by atoms with Gasteiger partial charge in [-0.15, -0.1) is 11.3 Å². The van der Waals surface area contributed by atoms with E-state index in [4.69, 9.17) is 11.6 Å². The molecule has 1 aromatic heterocycles. The van der Waals surface area contributed by atoms with Crippen LogP contribution < -0.4 is 4.90 Å². The summed E-state index contributed by atoms with van der Waals surface area (Å²) in [6.07, 6.45) is 0.179. The maximum Gasteiger partial charge on any atom is 0.252 e. The molecule has 1 unspecified atom stereocenters. The second-order valence-electron chi connectivity index (χ2n) is 7.53. The lowest BCUT2D eigenvalue weighted by Crippen LogP contribution is -2.52. The van der Waals surface area contributed by atoms with E-state index in [2.05, 4.69) is 0 Å². The Balaban J connectivity index is 1.38. The third-order valence-electron chi connectivity index (χ3n) is 5.51. The number of thiophene rings is 1. The number of amides is 2. The van der Waals surface area contributed by atoms with E-state index in [0.717, 1.165) is 22.6 Å². The number of anilines is 1. The molecule has 0 N–H and O–H groups in total. The van der Waals surface area contributed by atoms with Crippen molar-refractivity contribution in [2.24, 2.45) is 5.92 Å². The lowest BCUT2D eigenvalue weighted by atomic mass is 10.1. The van der Waals surface area contributed by atoms with E-state index in [-0.39, 0.29) is 35.5 Å². The molecule has 1 atom stereocenters. The first-order valence-corrected chi connectivity index (χ1v) is 12.3. The Hall–Kier alpha value is -1.94. The van der Waals surface area contributed by atoms with Crippen molar-refractivity contribution in [3.63, 3.8) is 0 Å². The Morgan fingerprint density at radius 3 is 2.33 bits per heavy atom. The van der Waals surface area contributed by atoms with Gasteiger partial charge in [0.05, 0.1) is 10.3 Å². The first kappa shape index (κ1) is 21.3. The average Bonchev–Trinajstić information content (AvgIpc) is 3.34. The zero-order valence-corrected chi connectivity index (χ0v) is 18.8. The van der Waals surface area contributed by atoms with Crippen molar-refractivity contribution < 1.29 is 18.0 Å². The van der Waals surface area contributed by atoms with Crippen molar-refractivity contribution in [2.75, 3.05) is 37.6 Å². The fourth-order valence-electron chi connectivity index (χ4n) is 3.82. The molecule has 0 spiro atoms. The zero-order valence-electron chi connectivity index (χ0n) is 16.5. The van der Waals surface area contributed by atoms with Crippen LogP contribution in [0, 0.1) is 12.8 Å². The summed E-state index contributed by atoms with van der Waals surface area (Å²) in [5.41, 5.74) is 1.90. The van der Waals surface area contributed by atoms with Gasteiger partial charge in [-0.1, -0.05) is 29.3 Å². The molecule has 2 fully saturated rings. The van der Waals surface area contributed by atoms with Gasteiger partial charge in [0.25, 0.3) is 10.0 Å². The summed E-state index contributed by atoms with van der Waals surface area (Å²) in [5, 5.41) is 0. The maximum absolute atomic E-state index is 13.0. The Labute approximate surface area is 184 Å². The number of benzene rings is 1. The van der Waals surface area contributed by atoms with Gasteiger partial charge in [0.2, 0.25) is 11.8 Å². The number of carbonyl (C=O) groups is 2. The molecule has 10 heteroatoms. The molecule has 160 valence electrons. The molecule has 7 nitrogen and oxygen atoms in total. The number of carbonyl (C=O) groups excluding carboxylic acids is 2. The zero-order chi connectivity index (χ0) is 21.5. The fourth-order valence-corrected chi connectivity index (χ4v) is 6.88. The molecule has 0 bridgehead atoms. The first-order chi connectivity index (χ1) is 14.3. The third-order valence-corrected chi connectivity index (χ3v) is 9.11. The molecule has 3 heterocycles. The number of sulfonamides is 1. The highest BCUT2D eigenvalue weighted by Gasteiger charge is 2.39. The van der Waals surface area contributed by atoms with Gasteiger partial charge in [0.1, 0.15) is 4.21 Å². The molecular weight excluding hydrogens is 446 g/mol. The van der Waals surface area contributed by atoms with Gasteiger partial charge in [0, 0.05) is 44.8 Å². The van der Waals surface area contributed by atoms with E-state index >= 15 is 0 Å². The average molecular weight is 468 g/mol. The Kier molecular flexibility index (Phi) is 5.89. The minimum Gasteiger partial charge on any atom is -0.340 e. The van der Waals surface area contributed by atoms with Gasteiger partial charge in [-0.05, 0) is 31.2 Å². The smallest absolute Gasteiger partial charge is 0.252 e. The number of halogens is 1. The van der Waals surface area contributed by atoms with Gasteiger partial charge in [-0.2, -0.15) is 4.31 Å². The van der Waals surface area contributed by atoms with Crippen molar-refractivity contribution in [1.82, 2.24) is 9.21 Å². The molecule has 1 aromatic carbocycles. The van der Waals surface area contributed by atoms with Crippen LogP contribution in [-0.4, -0.2) is 62.2 Å². The van der Waals surface area contributed by atoms with Crippen LogP contribution in [0.2, 0.25) is 4.34 Å². The van der Waals surface area contributed by atoms with Gasteiger partial charge < -0.3 is 9.80 Å². The third kappa shape index (κ3) is 4.12. The van der Waals surface area contributed by atoms with Gasteiger partial charge in [0.15, 0.2) is 0 Å². The van der Waals surface area contributed by atoms with Crippen molar-refractivity contribution in [1.29, 1.82) is 0 Å². The maximum atomic E-state index is 13.0. The normalized spacial score (nSPS) is 20.7. The van der Waals surface area contributed by atoms with Crippen LogP contribution in [0.3, 0.4) is 0 Å². The summed E-state index contributed by atoms with van der Waals surface area (Å²) < 4.78 is 27.5. The van der Waals surface area contributed by atoms with Crippen LogP contribution in [0.25, 0.3) is 0 Å². The molecule has 0 aliphatic carbocycles. The highest BCUT2D eigenvalue weighted by atomic mass is 35.5. The van der Waals surface area contributed by atoms with E-state index < -0.39 is 15.9 Å². The Morgan fingerprint density at radius 1 is 1.07 bits per heavy atom. The van der Waals surface area contributed by atoms with Crippen molar-refractivity contribution in [3.8, 4) is 0 Å². The molecule has 0 saturated carbocycles. The van der Waals surface area contributed by atoms with Crippen LogP contribution in [0.15, 0.2) is 40.6 Å². The molecule has 30 heavy (non-hydrogen) atoms. The monoisotopic (exact) mass is 467 g/mol. The summed E-state index contributed by atoms with van der Waals surface area (Å²) in [5.74, 6) is -0.555. The highest BCUT2D eigenvalue weighted by Crippen LogP contribution is 2.30. The molecule has 2 aromatic rings. The molecule has 2 aliphatic heterocycles. The summed E-state index contributed by atoms with van der Waals surface area (Å²) in [6.45, 7) is 3.42. The lowest BCUT2D eigenvalue weighted by molar-refractivity contribution is -0.136. The standard InChI is InChI=1S/C20H22ClN3O4S2/c1-14-2-4-16(5-3-14)24-13-15(12-18(24)25)20(26)22-8-10-23(11-9-22)30(27,28)19-7-6-17(21)29-19/h2-7,15H,8-13H2,1H3. The molecule has 0 radical (unpaired) electrons. The van der Waals surface area contributed by atoms with Crippen molar-refractivity contribution >= 4 is 50.5 Å². The SMILES string of the molecule is Cc1ccc(N2CC(C(=O)N3CCN(S(=O)(=O)c4ccc(Cl)s4)CC3)CC2=O)cc1. The number of hydrogen-bond acceptors (Lipinski definition) is 5. The van der Waals surface area contributed by atoms with Crippen molar-refractivity contribution in [2.45, 2.75) is 17.6 Å². The van der Waals surface area contributed by atoms with Crippen LogP contribution in [0.4, 0.5) is 5.69 Å². The van der Waals surface area contributed by atoms with E-state index in [9.17, 15) is 18.0 Å². The number of nitrogens with zero attached hydrogens (tertiary/aromatic N) is 3. The molecule has 4 rings (SSSR count). The predicted molar refractivity (Wildman–Crippen MR) is 116 cm³/mol. The van der Waals surface area contributed by atoms with Crippen LogP contribution >= 0.6 is 22.9 Å². The predicted octanol–water partition coefficient (Wildman–Crippen LogP) is 2.60. The molecule has 2 saturated heterocycles. The van der Waals surface area contributed by atoms with E-state index in [1.54, 1.807) is 15.9 Å². The van der Waals surface area contributed by atoms with Gasteiger partial charge >= 0.3 is 0 Å². The largest absolute Gasteiger partial charge is 0.340 e. The number of piperazine rings is 1. The summed E-state index contributed by atoms with van der Waals surface area (Å²) in [6, 6.07) is 10.7. The van der Waals surface area contributed by atoms with Gasteiger partial charge in [-0.3, -0.25) is 9.59 Å². The minimum absolute atomic E-state index is 0.0620. The van der Waals surface area contributed by atoms with Crippen LogP contribution in [-0.2, 0) is 19.6 Å². The number of aryl methyl sites for hydroxylation is 1. The lowest BCUT2D eigenvalue weighted by Gasteiger charge is -2.34. The molecule has 2 aliphatic rings. The van der Waals surface area contributed by atoms with Crippen LogP contribution in [0.5, 0.6) is 0 Å². The highest BCUT2D eigenvalue weighted by molar-refractivity contribution is 7.91. The van der Waals surface area contributed by atoms with E-state index in [1.165, 1.54) is 10.4 Å². The second kappa shape index (κ2) is 8.30. The summed E-state index contributed by atoms with van der Waals surface area (Å²) >= 11 is 6.90. The minimum atomic E-state index is -3.60. The topological polar surface area (TPSA) is 78.0 Å². The van der Waals surface area contributed by atoms with E-state index in [0.29, 0.717) is 24.0 Å². The van der Waals surface area contributed by atoms with Crippen LogP contribution in [0.1, 0.15) is 12.0 Å². The number of rotatable bonds is 4. The molecular formula is C20H22ClN3O4S2.